The molecule has 2 amide bonds. The molecule has 176 valence electrons. The van der Waals surface area contributed by atoms with Crippen LogP contribution in [0.1, 0.15) is 29.8 Å². The van der Waals surface area contributed by atoms with E-state index in [9.17, 15) is 9.59 Å². The van der Waals surface area contributed by atoms with E-state index in [4.69, 9.17) is 4.74 Å². The maximum absolute atomic E-state index is 13.1. The van der Waals surface area contributed by atoms with Gasteiger partial charge in [0.1, 0.15) is 12.4 Å². The Morgan fingerprint density at radius 2 is 1.59 bits per heavy atom. The largest absolute Gasteiger partial charge is 0.489 e. The van der Waals surface area contributed by atoms with Crippen LogP contribution in [0.15, 0.2) is 78.9 Å². The molecule has 0 radical (unpaired) electrons. The van der Waals surface area contributed by atoms with Crippen molar-refractivity contribution < 1.29 is 14.3 Å². The van der Waals surface area contributed by atoms with E-state index in [0.717, 1.165) is 30.0 Å². The second-order valence-corrected chi connectivity index (χ2v) is 8.74. The summed E-state index contributed by atoms with van der Waals surface area (Å²) in [6, 6.07) is 25.0. The molecule has 0 bridgehead atoms. The first-order valence-corrected chi connectivity index (χ1v) is 11.7. The van der Waals surface area contributed by atoms with Crippen molar-refractivity contribution in [1.82, 2.24) is 4.90 Å². The molecule has 0 atom stereocenters. The van der Waals surface area contributed by atoms with Gasteiger partial charge in [-0.25, -0.2) is 0 Å². The van der Waals surface area contributed by atoms with Crippen LogP contribution in [0, 0.1) is 5.92 Å². The number of nitrogens with one attached hydrogen (secondary N) is 1. The summed E-state index contributed by atoms with van der Waals surface area (Å²) < 4.78 is 5.88. The molecule has 0 spiro atoms. The molecule has 1 saturated heterocycles. The first kappa shape index (κ1) is 23.4. The quantitative estimate of drug-likeness (QED) is 0.552. The van der Waals surface area contributed by atoms with Crippen molar-refractivity contribution in [3.63, 3.8) is 0 Å². The molecule has 0 aliphatic carbocycles. The van der Waals surface area contributed by atoms with Crippen molar-refractivity contribution in [1.29, 1.82) is 0 Å². The molecule has 6 heteroatoms. The van der Waals surface area contributed by atoms with E-state index in [2.05, 4.69) is 10.2 Å². The van der Waals surface area contributed by atoms with Crippen LogP contribution in [0.4, 0.5) is 11.4 Å². The van der Waals surface area contributed by atoms with Gasteiger partial charge in [-0.05, 0) is 35.9 Å². The van der Waals surface area contributed by atoms with Crippen molar-refractivity contribution in [2.24, 2.45) is 5.92 Å². The number of nitrogens with zero attached hydrogens (tertiary/aromatic N) is 2. The molecule has 0 aromatic heterocycles. The molecule has 3 aromatic carbocycles. The Kier molecular flexibility index (Phi) is 7.48. The van der Waals surface area contributed by atoms with Crippen LogP contribution in [0.25, 0.3) is 0 Å². The SMILES string of the molecule is CC(C)C(=O)N1CCN(c2ccccc2NC(=O)c2cccc(OCc3ccccc3)c2)CC1. The van der Waals surface area contributed by atoms with Crippen LogP contribution >= 0.6 is 0 Å². The predicted molar refractivity (Wildman–Crippen MR) is 135 cm³/mol. The Balaban J connectivity index is 1.41. The van der Waals surface area contributed by atoms with Crippen molar-refractivity contribution in [2.45, 2.75) is 20.5 Å². The maximum atomic E-state index is 13.1. The lowest BCUT2D eigenvalue weighted by Crippen LogP contribution is -2.50. The summed E-state index contributed by atoms with van der Waals surface area (Å²) >= 11 is 0. The molecule has 34 heavy (non-hydrogen) atoms. The summed E-state index contributed by atoms with van der Waals surface area (Å²) in [4.78, 5) is 29.5. The molecular formula is C28H31N3O3. The highest BCUT2D eigenvalue weighted by Gasteiger charge is 2.24. The fourth-order valence-electron chi connectivity index (χ4n) is 4.05. The zero-order valence-electron chi connectivity index (χ0n) is 19.7. The molecule has 1 aliphatic rings. The first-order valence-electron chi connectivity index (χ1n) is 11.7. The van der Waals surface area contributed by atoms with E-state index >= 15 is 0 Å². The molecule has 3 aromatic rings. The number of rotatable bonds is 7. The average Bonchev–Trinajstić information content (AvgIpc) is 2.88. The molecule has 1 N–H and O–H groups in total. The maximum Gasteiger partial charge on any atom is 0.255 e. The van der Waals surface area contributed by atoms with Crippen molar-refractivity contribution in [3.05, 3.63) is 90.0 Å². The monoisotopic (exact) mass is 457 g/mol. The summed E-state index contributed by atoms with van der Waals surface area (Å²) in [6.07, 6.45) is 0. The van der Waals surface area contributed by atoms with Gasteiger partial charge < -0.3 is 19.9 Å². The minimum atomic E-state index is -0.189. The average molecular weight is 458 g/mol. The number of para-hydroxylation sites is 2. The Hall–Kier alpha value is -3.80. The molecule has 6 nitrogen and oxygen atoms in total. The Bertz CT molecular complexity index is 1120. The first-order chi connectivity index (χ1) is 16.5. The van der Waals surface area contributed by atoms with Gasteiger partial charge in [-0.2, -0.15) is 0 Å². The van der Waals surface area contributed by atoms with Gasteiger partial charge in [0.05, 0.1) is 11.4 Å². The summed E-state index contributed by atoms with van der Waals surface area (Å²) in [5.41, 5.74) is 3.32. The second-order valence-electron chi connectivity index (χ2n) is 8.74. The van der Waals surface area contributed by atoms with Crippen LogP contribution < -0.4 is 15.0 Å². The van der Waals surface area contributed by atoms with Crippen LogP contribution in [0.5, 0.6) is 5.75 Å². The summed E-state index contributed by atoms with van der Waals surface area (Å²) in [5.74, 6) is 0.656. The number of hydrogen-bond acceptors (Lipinski definition) is 4. The van der Waals surface area contributed by atoms with E-state index in [1.807, 2.05) is 85.5 Å². The molecule has 1 aliphatic heterocycles. The zero-order valence-corrected chi connectivity index (χ0v) is 19.7. The van der Waals surface area contributed by atoms with Gasteiger partial charge in [0.25, 0.3) is 5.91 Å². The summed E-state index contributed by atoms with van der Waals surface area (Å²) in [5, 5.41) is 3.06. The number of amides is 2. The van der Waals surface area contributed by atoms with Crippen LogP contribution in [0.2, 0.25) is 0 Å². The highest BCUT2D eigenvalue weighted by atomic mass is 16.5. The van der Waals surface area contributed by atoms with Crippen molar-refractivity contribution in [2.75, 3.05) is 36.4 Å². The fourth-order valence-corrected chi connectivity index (χ4v) is 4.05. The predicted octanol–water partition coefficient (Wildman–Crippen LogP) is 4.82. The van der Waals surface area contributed by atoms with Gasteiger partial charge in [0.15, 0.2) is 0 Å². The number of carbonyl (C=O) groups excluding carboxylic acids is 2. The van der Waals surface area contributed by atoms with Crippen molar-refractivity contribution in [3.8, 4) is 5.75 Å². The van der Waals surface area contributed by atoms with E-state index in [-0.39, 0.29) is 17.7 Å². The standard InChI is InChI=1S/C28H31N3O3/c1-21(2)28(33)31-17-15-30(16-18-31)26-14-7-6-13-25(26)29-27(32)23-11-8-12-24(19-23)34-20-22-9-4-3-5-10-22/h3-14,19,21H,15-18,20H2,1-2H3,(H,29,32). The summed E-state index contributed by atoms with van der Waals surface area (Å²) in [7, 11) is 0. The lowest BCUT2D eigenvalue weighted by molar-refractivity contribution is -0.134. The Morgan fingerprint density at radius 1 is 0.882 bits per heavy atom. The Morgan fingerprint density at radius 3 is 2.32 bits per heavy atom. The van der Waals surface area contributed by atoms with E-state index in [1.165, 1.54) is 0 Å². The highest BCUT2D eigenvalue weighted by molar-refractivity contribution is 6.06. The second kappa shape index (κ2) is 10.9. The molecule has 4 rings (SSSR count). The fraction of sp³-hybridized carbons (Fsp3) is 0.286. The molecule has 1 heterocycles. The molecular weight excluding hydrogens is 426 g/mol. The normalized spacial score (nSPS) is 13.6. The highest BCUT2D eigenvalue weighted by Crippen LogP contribution is 2.28. The molecule has 0 saturated carbocycles. The number of benzene rings is 3. The Labute approximate surface area is 201 Å². The van der Waals surface area contributed by atoms with Crippen LogP contribution in [-0.2, 0) is 11.4 Å². The van der Waals surface area contributed by atoms with E-state index in [1.54, 1.807) is 12.1 Å². The third kappa shape index (κ3) is 5.76. The van der Waals surface area contributed by atoms with Gasteiger partial charge in [-0.15, -0.1) is 0 Å². The minimum absolute atomic E-state index is 0.00515. The lowest BCUT2D eigenvalue weighted by Gasteiger charge is -2.37. The van der Waals surface area contributed by atoms with Crippen molar-refractivity contribution >= 4 is 23.2 Å². The topological polar surface area (TPSA) is 61.9 Å². The van der Waals surface area contributed by atoms with Gasteiger partial charge in [-0.1, -0.05) is 62.4 Å². The molecule has 0 unspecified atom stereocenters. The van der Waals surface area contributed by atoms with Gasteiger partial charge in [-0.3, -0.25) is 9.59 Å². The third-order valence-corrected chi connectivity index (χ3v) is 5.92. The summed E-state index contributed by atoms with van der Waals surface area (Å²) in [6.45, 7) is 7.13. The van der Waals surface area contributed by atoms with Gasteiger partial charge >= 0.3 is 0 Å². The number of anilines is 2. The number of ether oxygens (including phenoxy) is 1. The van der Waals surface area contributed by atoms with Crippen LogP contribution in [-0.4, -0.2) is 42.9 Å². The lowest BCUT2D eigenvalue weighted by atomic mass is 10.1. The van der Waals surface area contributed by atoms with Gasteiger partial charge in [0.2, 0.25) is 5.91 Å². The number of piperazine rings is 1. The van der Waals surface area contributed by atoms with E-state index in [0.29, 0.717) is 31.0 Å². The van der Waals surface area contributed by atoms with Gasteiger partial charge in [0, 0.05) is 37.7 Å². The number of hydrogen-bond donors (Lipinski definition) is 1. The van der Waals surface area contributed by atoms with Crippen LogP contribution in [0.3, 0.4) is 0 Å². The zero-order chi connectivity index (χ0) is 23.9. The van der Waals surface area contributed by atoms with E-state index < -0.39 is 0 Å². The smallest absolute Gasteiger partial charge is 0.255 e. The minimum Gasteiger partial charge on any atom is -0.489 e. The number of carbonyl (C=O) groups is 2. The molecule has 1 fully saturated rings. The third-order valence-electron chi connectivity index (χ3n) is 5.92.